The molecule has 2 aromatic carbocycles. The first kappa shape index (κ1) is 15.2. The Balaban J connectivity index is 2.44. The number of hydrogen-bond acceptors (Lipinski definition) is 1. The third kappa shape index (κ3) is 3.68. The molecule has 0 amide bonds. The van der Waals surface area contributed by atoms with Crippen LogP contribution in [0.1, 0.15) is 36.1 Å². The quantitative estimate of drug-likeness (QED) is 0.811. The molecule has 1 N–H and O–H groups in total. The molecule has 0 aromatic heterocycles. The highest BCUT2D eigenvalue weighted by atomic mass is 79.9. The highest BCUT2D eigenvalue weighted by Gasteiger charge is 2.17. The maximum atomic E-state index is 14.2. The van der Waals surface area contributed by atoms with E-state index in [1.165, 1.54) is 0 Å². The lowest BCUT2D eigenvalue weighted by molar-refractivity contribution is 0.546. The number of hydrogen-bond donors (Lipinski definition) is 1. The van der Waals surface area contributed by atoms with Crippen LogP contribution >= 0.6 is 15.9 Å². The van der Waals surface area contributed by atoms with E-state index in [2.05, 4.69) is 28.2 Å². The largest absolute Gasteiger partial charge is 0.306 e. The summed E-state index contributed by atoms with van der Waals surface area (Å²) in [5, 5.41) is 3.44. The Bertz CT molecular complexity index is 583. The Kier molecular flexibility index (Phi) is 5.32. The summed E-state index contributed by atoms with van der Waals surface area (Å²) < 4.78 is 15.2. The van der Waals surface area contributed by atoms with Crippen molar-refractivity contribution < 1.29 is 4.39 Å². The van der Waals surface area contributed by atoms with Gasteiger partial charge in [0.2, 0.25) is 0 Å². The predicted octanol–water partition coefficient (Wildman–Crippen LogP) is 4.99. The van der Waals surface area contributed by atoms with Crippen LogP contribution in [0.4, 0.5) is 4.39 Å². The number of aryl methyl sites for hydroxylation is 1. The van der Waals surface area contributed by atoms with Crippen LogP contribution in [-0.4, -0.2) is 6.54 Å². The SMILES string of the molecule is CCCNC(c1cccc(Br)c1)c1cc(C)ccc1F. The molecule has 0 aliphatic rings. The van der Waals surface area contributed by atoms with Gasteiger partial charge in [0.05, 0.1) is 6.04 Å². The molecule has 0 bridgehead atoms. The Labute approximate surface area is 128 Å². The monoisotopic (exact) mass is 335 g/mol. The van der Waals surface area contributed by atoms with Gasteiger partial charge in [-0.3, -0.25) is 0 Å². The average molecular weight is 336 g/mol. The van der Waals surface area contributed by atoms with Gasteiger partial charge in [0, 0.05) is 10.0 Å². The second kappa shape index (κ2) is 7.00. The van der Waals surface area contributed by atoms with Crippen molar-refractivity contribution in [3.8, 4) is 0 Å². The van der Waals surface area contributed by atoms with Crippen LogP contribution in [0.25, 0.3) is 0 Å². The van der Waals surface area contributed by atoms with Gasteiger partial charge in [-0.25, -0.2) is 4.39 Å². The van der Waals surface area contributed by atoms with E-state index in [1.807, 2.05) is 37.3 Å². The zero-order valence-electron chi connectivity index (χ0n) is 11.8. The van der Waals surface area contributed by atoms with Gasteiger partial charge in [0.1, 0.15) is 5.82 Å². The summed E-state index contributed by atoms with van der Waals surface area (Å²) in [6, 6.07) is 13.2. The van der Waals surface area contributed by atoms with Crippen molar-refractivity contribution in [1.29, 1.82) is 0 Å². The summed E-state index contributed by atoms with van der Waals surface area (Å²) in [6.07, 6.45) is 1.01. The van der Waals surface area contributed by atoms with Gasteiger partial charge in [-0.05, 0) is 43.7 Å². The first-order valence-electron chi connectivity index (χ1n) is 6.86. The average Bonchev–Trinajstić information content (AvgIpc) is 2.43. The summed E-state index contributed by atoms with van der Waals surface area (Å²) in [4.78, 5) is 0. The van der Waals surface area contributed by atoms with E-state index in [-0.39, 0.29) is 11.9 Å². The second-order valence-electron chi connectivity index (χ2n) is 4.97. The van der Waals surface area contributed by atoms with Gasteiger partial charge in [-0.1, -0.05) is 52.7 Å². The minimum atomic E-state index is -0.163. The molecule has 0 fully saturated rings. The maximum absolute atomic E-state index is 14.2. The van der Waals surface area contributed by atoms with E-state index < -0.39 is 0 Å². The minimum Gasteiger partial charge on any atom is -0.306 e. The molecule has 0 heterocycles. The van der Waals surface area contributed by atoms with Crippen LogP contribution < -0.4 is 5.32 Å². The molecule has 1 nitrogen and oxygen atoms in total. The Morgan fingerprint density at radius 1 is 1.20 bits per heavy atom. The van der Waals surface area contributed by atoms with Crippen molar-refractivity contribution in [2.75, 3.05) is 6.54 Å². The lowest BCUT2D eigenvalue weighted by atomic mass is 9.96. The first-order valence-corrected chi connectivity index (χ1v) is 7.66. The van der Waals surface area contributed by atoms with Crippen molar-refractivity contribution in [2.45, 2.75) is 26.3 Å². The first-order chi connectivity index (χ1) is 9.61. The fourth-order valence-corrected chi connectivity index (χ4v) is 2.68. The summed E-state index contributed by atoms with van der Waals surface area (Å²) >= 11 is 3.48. The topological polar surface area (TPSA) is 12.0 Å². The van der Waals surface area contributed by atoms with Gasteiger partial charge in [0.25, 0.3) is 0 Å². The van der Waals surface area contributed by atoms with Gasteiger partial charge in [0.15, 0.2) is 0 Å². The lowest BCUT2D eigenvalue weighted by Gasteiger charge is -2.21. The molecule has 0 saturated heterocycles. The standard InChI is InChI=1S/C17H19BrFN/c1-3-9-20-17(13-5-4-6-14(18)11-13)15-10-12(2)7-8-16(15)19/h4-8,10-11,17,20H,3,9H2,1-2H3. The molecule has 20 heavy (non-hydrogen) atoms. The normalized spacial score (nSPS) is 12.4. The van der Waals surface area contributed by atoms with E-state index in [9.17, 15) is 4.39 Å². The van der Waals surface area contributed by atoms with E-state index in [1.54, 1.807) is 12.1 Å². The van der Waals surface area contributed by atoms with Crippen LogP contribution in [0.2, 0.25) is 0 Å². The lowest BCUT2D eigenvalue weighted by Crippen LogP contribution is -2.24. The third-order valence-corrected chi connectivity index (χ3v) is 3.74. The van der Waals surface area contributed by atoms with Crippen LogP contribution in [0.15, 0.2) is 46.9 Å². The summed E-state index contributed by atoms with van der Waals surface area (Å²) in [7, 11) is 0. The molecule has 3 heteroatoms. The van der Waals surface area contributed by atoms with Crippen molar-refractivity contribution >= 4 is 15.9 Å². The van der Waals surface area contributed by atoms with E-state index in [0.717, 1.165) is 28.6 Å². The molecule has 0 aliphatic carbocycles. The van der Waals surface area contributed by atoms with E-state index in [4.69, 9.17) is 0 Å². The van der Waals surface area contributed by atoms with Crippen LogP contribution in [-0.2, 0) is 0 Å². The Hall–Kier alpha value is -1.19. The van der Waals surface area contributed by atoms with Crippen molar-refractivity contribution in [2.24, 2.45) is 0 Å². The van der Waals surface area contributed by atoms with Crippen LogP contribution in [0.3, 0.4) is 0 Å². The molecule has 0 radical (unpaired) electrons. The molecule has 0 saturated carbocycles. The summed E-state index contributed by atoms with van der Waals surface area (Å²) in [5.74, 6) is -0.163. The van der Waals surface area contributed by atoms with E-state index >= 15 is 0 Å². The molecule has 2 rings (SSSR count). The number of rotatable bonds is 5. The maximum Gasteiger partial charge on any atom is 0.128 e. The summed E-state index contributed by atoms with van der Waals surface area (Å²) in [5.41, 5.74) is 2.84. The van der Waals surface area contributed by atoms with Gasteiger partial charge in [-0.15, -0.1) is 0 Å². The van der Waals surface area contributed by atoms with E-state index in [0.29, 0.717) is 5.56 Å². The third-order valence-electron chi connectivity index (χ3n) is 3.24. The molecule has 0 spiro atoms. The van der Waals surface area contributed by atoms with Crippen molar-refractivity contribution in [3.05, 3.63) is 69.4 Å². The fourth-order valence-electron chi connectivity index (χ4n) is 2.27. The number of halogens is 2. The highest BCUT2D eigenvalue weighted by molar-refractivity contribution is 9.10. The molecule has 0 aliphatic heterocycles. The molecular formula is C17H19BrFN. The zero-order valence-corrected chi connectivity index (χ0v) is 13.4. The molecule has 2 aromatic rings. The number of nitrogens with one attached hydrogen (secondary N) is 1. The molecule has 106 valence electrons. The van der Waals surface area contributed by atoms with Gasteiger partial charge >= 0.3 is 0 Å². The number of benzene rings is 2. The van der Waals surface area contributed by atoms with Gasteiger partial charge < -0.3 is 5.32 Å². The van der Waals surface area contributed by atoms with Crippen molar-refractivity contribution in [3.63, 3.8) is 0 Å². The molecular weight excluding hydrogens is 317 g/mol. The summed E-state index contributed by atoms with van der Waals surface area (Å²) in [6.45, 7) is 4.95. The predicted molar refractivity (Wildman–Crippen MR) is 85.4 cm³/mol. The Morgan fingerprint density at radius 2 is 2.00 bits per heavy atom. The highest BCUT2D eigenvalue weighted by Crippen LogP contribution is 2.27. The fraction of sp³-hybridized carbons (Fsp3) is 0.294. The van der Waals surface area contributed by atoms with Crippen LogP contribution in [0, 0.1) is 12.7 Å². The molecule has 1 atom stereocenters. The Morgan fingerprint density at radius 3 is 2.70 bits per heavy atom. The van der Waals surface area contributed by atoms with Gasteiger partial charge in [-0.2, -0.15) is 0 Å². The second-order valence-corrected chi connectivity index (χ2v) is 5.88. The molecule has 1 unspecified atom stereocenters. The van der Waals surface area contributed by atoms with Crippen LogP contribution in [0.5, 0.6) is 0 Å². The van der Waals surface area contributed by atoms with Crippen molar-refractivity contribution in [1.82, 2.24) is 5.32 Å². The minimum absolute atomic E-state index is 0.118. The smallest absolute Gasteiger partial charge is 0.128 e. The zero-order chi connectivity index (χ0) is 14.5.